The molecule has 0 unspecified atom stereocenters. The molecule has 6 heteroatoms. The molecule has 1 aliphatic carbocycles. The van der Waals surface area contributed by atoms with Crippen molar-refractivity contribution in [1.82, 2.24) is 10.6 Å². The van der Waals surface area contributed by atoms with Gasteiger partial charge in [0.2, 0.25) is 5.91 Å². The number of carbonyl (C=O) groups excluding carboxylic acids is 1. The van der Waals surface area contributed by atoms with Gasteiger partial charge >= 0.3 is 0 Å². The normalized spacial score (nSPS) is 24.0. The molecule has 3 atom stereocenters. The van der Waals surface area contributed by atoms with Gasteiger partial charge in [-0.05, 0) is 52.2 Å². The maximum absolute atomic E-state index is 13.3. The zero-order valence-electron chi connectivity index (χ0n) is 15.2. The summed E-state index contributed by atoms with van der Waals surface area (Å²) in [6, 6.07) is 5.96. The highest BCUT2D eigenvalue weighted by atomic mass is 19.1. The van der Waals surface area contributed by atoms with E-state index in [1.165, 1.54) is 12.1 Å². The topological polar surface area (TPSA) is 70.6 Å². The van der Waals surface area contributed by atoms with E-state index in [0.29, 0.717) is 12.3 Å². The fourth-order valence-electron chi connectivity index (χ4n) is 3.13. The van der Waals surface area contributed by atoms with E-state index in [2.05, 4.69) is 10.6 Å². The Bertz CT molecular complexity index is 574. The van der Waals surface area contributed by atoms with Crippen LogP contribution in [0.15, 0.2) is 24.3 Å². The van der Waals surface area contributed by atoms with Crippen LogP contribution in [0.1, 0.15) is 40.0 Å². The van der Waals surface area contributed by atoms with Gasteiger partial charge in [-0.25, -0.2) is 4.39 Å². The van der Waals surface area contributed by atoms with Crippen LogP contribution in [0, 0.1) is 11.7 Å². The Hall–Kier alpha value is -1.66. The number of aliphatic hydroxyl groups excluding tert-OH is 1. The molecule has 0 spiro atoms. The van der Waals surface area contributed by atoms with Crippen LogP contribution in [0.25, 0.3) is 0 Å². The fraction of sp³-hybridized carbons (Fsp3) is 0.632. The summed E-state index contributed by atoms with van der Waals surface area (Å²) in [5.41, 5.74) is -0.257. The van der Waals surface area contributed by atoms with Crippen molar-refractivity contribution in [2.75, 3.05) is 13.1 Å². The molecule has 0 aromatic heterocycles. The van der Waals surface area contributed by atoms with Crippen molar-refractivity contribution in [3.8, 4) is 5.75 Å². The van der Waals surface area contributed by atoms with Crippen LogP contribution in [0.3, 0.4) is 0 Å². The highest BCUT2D eigenvalue weighted by molar-refractivity contribution is 5.78. The van der Waals surface area contributed by atoms with E-state index < -0.39 is 6.10 Å². The van der Waals surface area contributed by atoms with Gasteiger partial charge in [-0.1, -0.05) is 6.07 Å². The first-order chi connectivity index (χ1) is 11.7. The summed E-state index contributed by atoms with van der Waals surface area (Å²) < 4.78 is 19.0. The number of halogens is 1. The van der Waals surface area contributed by atoms with Gasteiger partial charge in [0.15, 0.2) is 0 Å². The van der Waals surface area contributed by atoms with Gasteiger partial charge in [-0.2, -0.15) is 0 Å². The fourth-order valence-corrected chi connectivity index (χ4v) is 3.13. The van der Waals surface area contributed by atoms with Crippen molar-refractivity contribution in [1.29, 1.82) is 0 Å². The Morgan fingerprint density at radius 3 is 2.80 bits per heavy atom. The Kier molecular flexibility index (Phi) is 6.79. The molecule has 5 nitrogen and oxygen atoms in total. The van der Waals surface area contributed by atoms with Gasteiger partial charge in [0, 0.05) is 24.1 Å². The maximum atomic E-state index is 13.3. The first-order valence-corrected chi connectivity index (χ1v) is 8.86. The van der Waals surface area contributed by atoms with E-state index in [-0.39, 0.29) is 35.8 Å². The summed E-state index contributed by atoms with van der Waals surface area (Å²) >= 11 is 0. The van der Waals surface area contributed by atoms with Gasteiger partial charge in [0.05, 0.1) is 12.6 Å². The molecule has 0 heterocycles. The molecule has 25 heavy (non-hydrogen) atoms. The Morgan fingerprint density at radius 1 is 1.36 bits per heavy atom. The molecule has 1 aliphatic rings. The largest absolute Gasteiger partial charge is 0.488 e. The van der Waals surface area contributed by atoms with Crippen LogP contribution in [0.4, 0.5) is 4.39 Å². The van der Waals surface area contributed by atoms with Crippen LogP contribution in [-0.4, -0.2) is 41.9 Å². The predicted molar refractivity (Wildman–Crippen MR) is 94.9 cm³/mol. The van der Waals surface area contributed by atoms with Gasteiger partial charge in [-0.15, -0.1) is 0 Å². The Balaban J connectivity index is 1.81. The summed E-state index contributed by atoms with van der Waals surface area (Å²) in [5, 5.41) is 16.6. The summed E-state index contributed by atoms with van der Waals surface area (Å²) in [6.07, 6.45) is 1.54. The second-order valence-electron chi connectivity index (χ2n) is 7.72. The van der Waals surface area contributed by atoms with E-state index in [9.17, 15) is 14.3 Å². The van der Waals surface area contributed by atoms with Crippen molar-refractivity contribution in [3.05, 3.63) is 30.1 Å². The molecule has 0 bridgehead atoms. The van der Waals surface area contributed by atoms with Crippen LogP contribution in [-0.2, 0) is 4.79 Å². The van der Waals surface area contributed by atoms with Crippen molar-refractivity contribution < 1.29 is 19.0 Å². The van der Waals surface area contributed by atoms with Crippen molar-refractivity contribution in [2.45, 2.75) is 57.8 Å². The monoisotopic (exact) mass is 352 g/mol. The number of rotatable bonds is 6. The number of aliphatic hydroxyl groups is 1. The number of benzene rings is 1. The third-order valence-electron chi connectivity index (χ3n) is 4.22. The number of carbonyl (C=O) groups is 1. The number of ether oxygens (including phenoxy) is 1. The van der Waals surface area contributed by atoms with Gasteiger partial charge in [0.25, 0.3) is 0 Å². The lowest BCUT2D eigenvalue weighted by Crippen LogP contribution is -2.48. The molecule has 3 N–H and O–H groups in total. The number of nitrogens with one attached hydrogen (secondary N) is 2. The Morgan fingerprint density at radius 2 is 2.12 bits per heavy atom. The van der Waals surface area contributed by atoms with Crippen LogP contribution >= 0.6 is 0 Å². The summed E-state index contributed by atoms with van der Waals surface area (Å²) in [5.74, 6) is 0.0215. The molecule has 1 aromatic rings. The van der Waals surface area contributed by atoms with E-state index in [1.54, 1.807) is 12.1 Å². The quantitative estimate of drug-likeness (QED) is 0.734. The zero-order valence-corrected chi connectivity index (χ0v) is 15.2. The van der Waals surface area contributed by atoms with Crippen molar-refractivity contribution in [2.24, 2.45) is 5.92 Å². The first kappa shape index (κ1) is 19.7. The summed E-state index contributed by atoms with van der Waals surface area (Å²) in [4.78, 5) is 11.8. The van der Waals surface area contributed by atoms with Gasteiger partial charge in [-0.3, -0.25) is 4.79 Å². The maximum Gasteiger partial charge on any atom is 0.234 e. The summed E-state index contributed by atoms with van der Waals surface area (Å²) in [7, 11) is 0. The average Bonchev–Trinajstić information content (AvgIpc) is 2.49. The first-order valence-electron chi connectivity index (χ1n) is 8.86. The smallest absolute Gasteiger partial charge is 0.234 e. The minimum absolute atomic E-state index is 0.00902. The summed E-state index contributed by atoms with van der Waals surface area (Å²) in [6.45, 7) is 6.57. The molecule has 2 rings (SSSR count). The molecule has 0 saturated heterocycles. The molecule has 1 amide bonds. The van der Waals surface area contributed by atoms with Gasteiger partial charge in [0.1, 0.15) is 17.7 Å². The number of hydrogen-bond acceptors (Lipinski definition) is 4. The molecular formula is C19H29FN2O3. The van der Waals surface area contributed by atoms with Crippen molar-refractivity contribution in [3.63, 3.8) is 0 Å². The highest BCUT2D eigenvalue weighted by Crippen LogP contribution is 2.28. The highest BCUT2D eigenvalue weighted by Gasteiger charge is 2.33. The SMILES string of the molecule is CC(C)(C)NC(=O)CNC[C@H]1CCC[C@@H](Oc2cccc(F)c2)[C@@H]1O. The lowest BCUT2D eigenvalue weighted by molar-refractivity contribution is -0.121. The lowest BCUT2D eigenvalue weighted by Gasteiger charge is -2.35. The molecule has 0 radical (unpaired) electrons. The van der Waals surface area contributed by atoms with E-state index in [0.717, 1.165) is 19.3 Å². The average molecular weight is 352 g/mol. The van der Waals surface area contributed by atoms with E-state index in [1.807, 2.05) is 20.8 Å². The predicted octanol–water partition coefficient (Wildman–Crippen LogP) is 2.24. The molecule has 1 fully saturated rings. The number of amides is 1. The lowest BCUT2D eigenvalue weighted by atomic mass is 9.84. The Labute approximate surface area is 149 Å². The van der Waals surface area contributed by atoms with E-state index >= 15 is 0 Å². The van der Waals surface area contributed by atoms with Crippen LogP contribution < -0.4 is 15.4 Å². The second kappa shape index (κ2) is 8.63. The van der Waals surface area contributed by atoms with Crippen LogP contribution in [0.2, 0.25) is 0 Å². The van der Waals surface area contributed by atoms with Crippen LogP contribution in [0.5, 0.6) is 5.75 Å². The standard InChI is InChI=1S/C19H29FN2O3/c1-19(2,3)22-17(23)12-21-11-13-6-4-9-16(18(13)24)25-15-8-5-7-14(20)10-15/h5,7-8,10,13,16,18,21,24H,4,6,9,11-12H2,1-3H3,(H,22,23)/t13-,16-,18-/m1/s1. The molecule has 140 valence electrons. The molecule has 1 saturated carbocycles. The van der Waals surface area contributed by atoms with Crippen molar-refractivity contribution >= 4 is 5.91 Å². The number of hydrogen-bond donors (Lipinski definition) is 3. The third-order valence-corrected chi connectivity index (χ3v) is 4.22. The molecule has 0 aliphatic heterocycles. The third kappa shape index (κ3) is 6.63. The molecular weight excluding hydrogens is 323 g/mol. The minimum Gasteiger partial charge on any atom is -0.488 e. The second-order valence-corrected chi connectivity index (χ2v) is 7.72. The van der Waals surface area contributed by atoms with E-state index in [4.69, 9.17) is 4.74 Å². The molecule has 1 aromatic carbocycles. The van der Waals surface area contributed by atoms with Gasteiger partial charge < -0.3 is 20.5 Å². The minimum atomic E-state index is -0.643. The zero-order chi connectivity index (χ0) is 18.4.